The number of halogens is 1. The average Bonchev–Trinajstić information content (AvgIpc) is 3.20. The number of aromatic nitrogens is 1. The third-order valence-corrected chi connectivity index (χ3v) is 5.32. The molecule has 0 aliphatic heterocycles. The third kappa shape index (κ3) is 2.75. The van der Waals surface area contributed by atoms with Crippen LogP contribution in [0.5, 0.6) is 11.6 Å². The number of rotatable bonds is 4. The zero-order valence-corrected chi connectivity index (χ0v) is 13.1. The number of hydrogen-bond acceptors (Lipinski definition) is 3. The molecule has 0 saturated heterocycles. The molecule has 0 spiro atoms. The first-order valence-corrected chi connectivity index (χ1v) is 8.27. The van der Waals surface area contributed by atoms with Crippen molar-refractivity contribution in [2.24, 2.45) is 11.8 Å². The number of hydrogen-bond donors (Lipinski definition) is 1. The van der Waals surface area contributed by atoms with Crippen molar-refractivity contribution >= 4 is 5.97 Å². The van der Waals surface area contributed by atoms with Gasteiger partial charge in [0.05, 0.1) is 5.56 Å². The zero-order chi connectivity index (χ0) is 16.7. The van der Waals surface area contributed by atoms with Gasteiger partial charge in [-0.15, -0.1) is 0 Å². The van der Waals surface area contributed by atoms with Crippen molar-refractivity contribution in [3.05, 3.63) is 53.5 Å². The predicted octanol–water partition coefficient (Wildman–Crippen LogP) is 4.61. The van der Waals surface area contributed by atoms with Crippen LogP contribution in [0.15, 0.2) is 36.5 Å². The van der Waals surface area contributed by atoms with Crippen LogP contribution in [0, 0.1) is 17.7 Å². The highest BCUT2D eigenvalue weighted by Gasteiger charge is 2.39. The highest BCUT2D eigenvalue weighted by atomic mass is 19.1. The van der Waals surface area contributed by atoms with Gasteiger partial charge in [-0.1, -0.05) is 18.6 Å². The van der Waals surface area contributed by atoms with Crippen molar-refractivity contribution in [2.75, 3.05) is 0 Å². The second-order valence-corrected chi connectivity index (χ2v) is 6.77. The number of benzene rings is 1. The molecule has 2 aromatic rings. The number of carboxylic acid groups (broad SMARTS) is 1. The second-order valence-electron chi connectivity index (χ2n) is 6.77. The first kappa shape index (κ1) is 15.1. The van der Waals surface area contributed by atoms with Crippen LogP contribution in [0.2, 0.25) is 0 Å². The molecular weight excluding hydrogens is 309 g/mol. The van der Waals surface area contributed by atoms with Gasteiger partial charge in [0, 0.05) is 6.20 Å². The molecule has 1 aromatic heterocycles. The summed E-state index contributed by atoms with van der Waals surface area (Å²) in [5.74, 6) is 0.619. The molecule has 1 aromatic carbocycles. The Hall–Kier alpha value is -2.43. The maximum absolute atomic E-state index is 13.9. The number of carboxylic acids is 1. The summed E-state index contributed by atoms with van der Waals surface area (Å²) in [7, 11) is 0. The molecule has 124 valence electrons. The van der Waals surface area contributed by atoms with E-state index in [1.54, 1.807) is 0 Å². The molecule has 2 aliphatic carbocycles. The molecule has 4 nitrogen and oxygen atoms in total. The van der Waals surface area contributed by atoms with Gasteiger partial charge in [-0.3, -0.25) is 0 Å². The van der Waals surface area contributed by atoms with E-state index in [1.165, 1.54) is 31.2 Å². The van der Waals surface area contributed by atoms with E-state index in [4.69, 9.17) is 9.84 Å². The van der Waals surface area contributed by atoms with E-state index in [0.717, 1.165) is 24.1 Å². The van der Waals surface area contributed by atoms with E-state index in [1.807, 2.05) is 24.3 Å². The number of nitrogens with zero attached hydrogens (tertiary/aromatic N) is 1. The largest absolute Gasteiger partial charge is 0.478 e. The van der Waals surface area contributed by atoms with Gasteiger partial charge in [-0.2, -0.15) is 0 Å². The van der Waals surface area contributed by atoms with Gasteiger partial charge in [-0.05, 0) is 60.8 Å². The van der Waals surface area contributed by atoms with E-state index in [0.29, 0.717) is 11.7 Å². The minimum atomic E-state index is -1.22. The molecule has 24 heavy (non-hydrogen) atoms. The van der Waals surface area contributed by atoms with Crippen molar-refractivity contribution in [3.63, 3.8) is 0 Å². The Balaban J connectivity index is 1.48. The van der Waals surface area contributed by atoms with Gasteiger partial charge >= 0.3 is 5.97 Å². The van der Waals surface area contributed by atoms with Crippen molar-refractivity contribution in [1.82, 2.24) is 4.98 Å². The van der Waals surface area contributed by atoms with E-state index in [9.17, 15) is 9.18 Å². The molecule has 3 atom stereocenters. The topological polar surface area (TPSA) is 59.4 Å². The molecule has 0 amide bonds. The Kier molecular flexibility index (Phi) is 3.71. The molecular formula is C19H18FNO3. The van der Waals surface area contributed by atoms with Gasteiger partial charge in [0.2, 0.25) is 0 Å². The van der Waals surface area contributed by atoms with Gasteiger partial charge in [0.15, 0.2) is 5.82 Å². The Morgan fingerprint density at radius 2 is 2.00 bits per heavy atom. The number of ether oxygens (including phenoxy) is 1. The summed E-state index contributed by atoms with van der Waals surface area (Å²) in [5.41, 5.74) is 1.12. The maximum Gasteiger partial charge on any atom is 0.337 e. The lowest BCUT2D eigenvalue weighted by atomic mass is 9.83. The van der Waals surface area contributed by atoms with Crippen LogP contribution in [-0.4, -0.2) is 16.1 Å². The van der Waals surface area contributed by atoms with Crippen molar-refractivity contribution in [1.29, 1.82) is 0 Å². The van der Waals surface area contributed by atoms with E-state index >= 15 is 0 Å². The molecule has 2 fully saturated rings. The lowest BCUT2D eigenvalue weighted by molar-refractivity contribution is 0.0695. The Morgan fingerprint density at radius 1 is 1.21 bits per heavy atom. The standard InChI is InChI=1S/C19H18FNO3/c20-17-9-14(19(22)23)10-21-18(17)24-15-5-3-12(4-6-15)16-8-11-1-2-13(16)7-11/h3-6,9-11,13,16H,1-2,7-8H2,(H,22,23). The molecule has 0 radical (unpaired) electrons. The first-order chi connectivity index (χ1) is 11.6. The van der Waals surface area contributed by atoms with Crippen LogP contribution in [0.3, 0.4) is 0 Å². The number of carbonyl (C=O) groups is 1. The summed E-state index contributed by atoms with van der Waals surface area (Å²) in [6, 6.07) is 8.66. The summed E-state index contributed by atoms with van der Waals surface area (Å²) in [5, 5.41) is 8.82. The molecule has 1 heterocycles. The molecule has 2 saturated carbocycles. The Morgan fingerprint density at radius 3 is 2.58 bits per heavy atom. The average molecular weight is 327 g/mol. The van der Waals surface area contributed by atoms with Crippen LogP contribution >= 0.6 is 0 Å². The molecule has 2 aliphatic rings. The van der Waals surface area contributed by atoms with Gasteiger partial charge in [0.1, 0.15) is 5.75 Å². The fraction of sp³-hybridized carbons (Fsp3) is 0.368. The van der Waals surface area contributed by atoms with Crippen molar-refractivity contribution in [2.45, 2.75) is 31.6 Å². The monoisotopic (exact) mass is 327 g/mol. The SMILES string of the molecule is O=C(O)c1cnc(Oc2ccc(C3CC4CCC3C4)cc2)c(F)c1. The third-order valence-electron chi connectivity index (χ3n) is 5.32. The number of pyridine rings is 1. The van der Waals surface area contributed by atoms with Crippen LogP contribution in [0.4, 0.5) is 4.39 Å². The molecule has 3 unspecified atom stereocenters. The van der Waals surface area contributed by atoms with E-state index in [2.05, 4.69) is 4.98 Å². The normalized spacial score (nSPS) is 25.0. The van der Waals surface area contributed by atoms with Crippen molar-refractivity contribution < 1.29 is 19.0 Å². The number of aromatic carboxylic acids is 1. The molecule has 1 N–H and O–H groups in total. The fourth-order valence-electron chi connectivity index (χ4n) is 4.17. The van der Waals surface area contributed by atoms with Gasteiger partial charge < -0.3 is 9.84 Å². The number of fused-ring (bicyclic) bond motifs is 2. The summed E-state index contributed by atoms with van der Waals surface area (Å²) in [6.45, 7) is 0. The molecule has 4 rings (SSSR count). The zero-order valence-electron chi connectivity index (χ0n) is 13.1. The highest BCUT2D eigenvalue weighted by molar-refractivity contribution is 5.87. The minimum absolute atomic E-state index is 0.202. The lowest BCUT2D eigenvalue weighted by Crippen LogP contribution is -2.08. The molecule has 2 bridgehead atoms. The maximum atomic E-state index is 13.9. The minimum Gasteiger partial charge on any atom is -0.478 e. The van der Waals surface area contributed by atoms with E-state index < -0.39 is 11.8 Å². The summed E-state index contributed by atoms with van der Waals surface area (Å²) in [4.78, 5) is 14.5. The summed E-state index contributed by atoms with van der Waals surface area (Å²) < 4.78 is 19.3. The predicted molar refractivity (Wildman–Crippen MR) is 85.9 cm³/mol. The fourth-order valence-corrected chi connectivity index (χ4v) is 4.17. The van der Waals surface area contributed by atoms with Crippen LogP contribution in [0.1, 0.15) is 47.5 Å². The van der Waals surface area contributed by atoms with E-state index in [-0.39, 0.29) is 11.4 Å². The summed E-state index contributed by atoms with van der Waals surface area (Å²) >= 11 is 0. The first-order valence-electron chi connectivity index (χ1n) is 8.27. The quantitative estimate of drug-likeness (QED) is 0.890. The van der Waals surface area contributed by atoms with Gasteiger partial charge in [0.25, 0.3) is 5.88 Å². The van der Waals surface area contributed by atoms with Gasteiger partial charge in [-0.25, -0.2) is 14.2 Å². The van der Waals surface area contributed by atoms with Crippen LogP contribution < -0.4 is 4.74 Å². The molecule has 5 heteroatoms. The Bertz CT molecular complexity index is 775. The Labute approximate surface area is 139 Å². The van der Waals surface area contributed by atoms with Crippen molar-refractivity contribution in [3.8, 4) is 11.6 Å². The second kappa shape index (κ2) is 5.89. The highest BCUT2D eigenvalue weighted by Crippen LogP contribution is 2.52. The van der Waals surface area contributed by atoms with Crippen LogP contribution in [-0.2, 0) is 0 Å². The smallest absolute Gasteiger partial charge is 0.337 e. The summed E-state index contributed by atoms with van der Waals surface area (Å²) in [6.07, 6.45) is 6.42. The van der Waals surface area contributed by atoms with Crippen LogP contribution in [0.25, 0.3) is 0 Å². The lowest BCUT2D eigenvalue weighted by Gasteiger charge is -2.22.